The molecule has 4 saturated carbocycles. The van der Waals surface area contributed by atoms with Crippen molar-refractivity contribution < 1.29 is 14.3 Å². The number of rotatable bonds is 6. The molecule has 4 aliphatic carbocycles. The summed E-state index contributed by atoms with van der Waals surface area (Å²) < 4.78 is 5.58. The number of carbonyl (C=O) groups excluding carboxylic acids is 2. The molecule has 1 amide bonds. The molecular formula is C28H37N3O3S. The van der Waals surface area contributed by atoms with Crippen molar-refractivity contribution in [3.05, 3.63) is 41.1 Å². The fraction of sp³-hybridized carbons (Fsp3) is 0.607. The number of carbonyl (C=O) groups is 2. The van der Waals surface area contributed by atoms with Crippen LogP contribution >= 0.6 is 12.2 Å². The zero-order chi connectivity index (χ0) is 24.9. The number of esters is 1. The number of anilines is 1. The molecule has 0 saturated heterocycles. The van der Waals surface area contributed by atoms with Crippen LogP contribution in [0.4, 0.5) is 5.69 Å². The van der Waals surface area contributed by atoms with Gasteiger partial charge < -0.3 is 20.3 Å². The molecule has 6 nitrogen and oxygen atoms in total. The summed E-state index contributed by atoms with van der Waals surface area (Å²) in [6.45, 7) is 6.30. The second kappa shape index (κ2) is 9.23. The van der Waals surface area contributed by atoms with Gasteiger partial charge in [0.25, 0.3) is 0 Å². The van der Waals surface area contributed by atoms with Gasteiger partial charge in [-0.2, -0.15) is 0 Å². The maximum absolute atomic E-state index is 13.4. The Kier molecular flexibility index (Phi) is 6.41. The van der Waals surface area contributed by atoms with Crippen LogP contribution in [-0.4, -0.2) is 35.5 Å². The molecule has 188 valence electrons. The molecule has 5 aliphatic rings. The molecule has 2 N–H and O–H groups in total. The lowest BCUT2D eigenvalue weighted by Crippen LogP contribution is -2.51. The van der Waals surface area contributed by atoms with Crippen LogP contribution in [0.5, 0.6) is 0 Å². The van der Waals surface area contributed by atoms with Crippen molar-refractivity contribution in [3.8, 4) is 0 Å². The highest BCUT2D eigenvalue weighted by molar-refractivity contribution is 7.80. The van der Waals surface area contributed by atoms with Gasteiger partial charge in [0.15, 0.2) is 5.11 Å². The second-order valence-electron chi connectivity index (χ2n) is 11.7. The molecule has 1 aromatic carbocycles. The van der Waals surface area contributed by atoms with E-state index in [2.05, 4.69) is 10.6 Å². The van der Waals surface area contributed by atoms with Crippen molar-refractivity contribution >= 4 is 34.9 Å². The van der Waals surface area contributed by atoms with E-state index in [4.69, 9.17) is 17.0 Å². The number of ether oxygens (including phenoxy) is 1. The lowest BCUT2D eigenvalue weighted by molar-refractivity contribution is -0.141. The number of nitrogens with zero attached hydrogens (tertiary/aromatic N) is 1. The SMILES string of the molecule is CC1=C(C(=O)OCC(C)C)[C@H](c2ccc(NC(=O)C34CC5CC(CC(C5)C3)C4)cc2)NC(=S)N1C. The van der Waals surface area contributed by atoms with E-state index in [1.807, 2.05) is 52.1 Å². The van der Waals surface area contributed by atoms with Crippen LogP contribution in [-0.2, 0) is 14.3 Å². The summed E-state index contributed by atoms with van der Waals surface area (Å²) in [4.78, 5) is 28.3. The number of nitrogens with one attached hydrogen (secondary N) is 2. The molecule has 1 aliphatic heterocycles. The van der Waals surface area contributed by atoms with E-state index >= 15 is 0 Å². The first-order valence-electron chi connectivity index (χ1n) is 13.0. The Morgan fingerprint density at radius 3 is 2.23 bits per heavy atom. The summed E-state index contributed by atoms with van der Waals surface area (Å²) in [6, 6.07) is 7.39. The zero-order valence-corrected chi connectivity index (χ0v) is 22.0. The monoisotopic (exact) mass is 495 g/mol. The fourth-order valence-electron chi connectivity index (χ4n) is 7.08. The predicted octanol–water partition coefficient (Wildman–Crippen LogP) is 5.18. The van der Waals surface area contributed by atoms with Crippen molar-refractivity contribution in [3.63, 3.8) is 0 Å². The van der Waals surface area contributed by atoms with Gasteiger partial charge in [-0.15, -0.1) is 0 Å². The zero-order valence-electron chi connectivity index (χ0n) is 21.2. The topological polar surface area (TPSA) is 70.7 Å². The number of amides is 1. The number of allylic oxidation sites excluding steroid dienone is 1. The third-order valence-electron chi connectivity index (χ3n) is 8.54. The van der Waals surface area contributed by atoms with E-state index in [9.17, 15) is 9.59 Å². The van der Waals surface area contributed by atoms with Crippen LogP contribution in [0.25, 0.3) is 0 Å². The van der Waals surface area contributed by atoms with Crippen LogP contribution in [0.1, 0.15) is 70.9 Å². The molecule has 7 heteroatoms. The first-order valence-corrected chi connectivity index (χ1v) is 13.4. The molecular weight excluding hydrogens is 458 g/mol. The van der Waals surface area contributed by atoms with E-state index in [1.165, 1.54) is 19.3 Å². The molecule has 4 fully saturated rings. The smallest absolute Gasteiger partial charge is 0.338 e. The molecule has 0 aromatic heterocycles. The molecule has 35 heavy (non-hydrogen) atoms. The first-order chi connectivity index (χ1) is 16.6. The van der Waals surface area contributed by atoms with Gasteiger partial charge in [0.2, 0.25) is 5.91 Å². The maximum atomic E-state index is 13.4. The molecule has 4 bridgehead atoms. The van der Waals surface area contributed by atoms with Crippen LogP contribution in [0.3, 0.4) is 0 Å². The molecule has 6 rings (SSSR count). The average Bonchev–Trinajstić information content (AvgIpc) is 2.80. The largest absolute Gasteiger partial charge is 0.462 e. The Labute approximate surface area is 213 Å². The van der Waals surface area contributed by atoms with Gasteiger partial charge in [0, 0.05) is 18.4 Å². The van der Waals surface area contributed by atoms with Gasteiger partial charge in [-0.3, -0.25) is 4.79 Å². The summed E-state index contributed by atoms with van der Waals surface area (Å²) in [5.41, 5.74) is 2.88. The molecule has 0 spiro atoms. The highest BCUT2D eigenvalue weighted by atomic mass is 32.1. The first kappa shape index (κ1) is 24.3. The number of benzene rings is 1. The predicted molar refractivity (Wildman–Crippen MR) is 140 cm³/mol. The van der Waals surface area contributed by atoms with E-state index in [1.54, 1.807) is 4.90 Å². The summed E-state index contributed by atoms with van der Waals surface area (Å²) in [6.07, 6.45) is 7.11. The summed E-state index contributed by atoms with van der Waals surface area (Å²) in [7, 11) is 1.85. The molecule has 1 heterocycles. The minimum absolute atomic E-state index is 0.178. The van der Waals surface area contributed by atoms with Crippen molar-refractivity contribution in [2.45, 2.75) is 65.3 Å². The normalized spacial score (nSPS) is 31.6. The van der Waals surface area contributed by atoms with Gasteiger partial charge >= 0.3 is 5.97 Å². The minimum atomic E-state index is -0.397. The van der Waals surface area contributed by atoms with Crippen molar-refractivity contribution in [2.75, 3.05) is 19.0 Å². The number of thiocarbonyl (C=S) groups is 1. The van der Waals surface area contributed by atoms with Crippen LogP contribution < -0.4 is 10.6 Å². The third-order valence-corrected chi connectivity index (χ3v) is 8.94. The Bertz CT molecular complexity index is 1030. The van der Waals surface area contributed by atoms with Crippen LogP contribution in [0.15, 0.2) is 35.5 Å². The van der Waals surface area contributed by atoms with Crippen LogP contribution in [0, 0.1) is 29.1 Å². The summed E-state index contributed by atoms with van der Waals surface area (Å²) in [5.74, 6) is 2.32. The third kappa shape index (κ3) is 4.59. The summed E-state index contributed by atoms with van der Waals surface area (Å²) >= 11 is 5.51. The maximum Gasteiger partial charge on any atom is 0.338 e. The quantitative estimate of drug-likeness (QED) is 0.419. The van der Waals surface area contributed by atoms with Crippen LogP contribution in [0.2, 0.25) is 0 Å². The molecule has 1 aromatic rings. The Balaban J connectivity index is 1.33. The lowest BCUT2D eigenvalue weighted by Gasteiger charge is -2.55. The number of hydrogen-bond acceptors (Lipinski definition) is 4. The van der Waals surface area contributed by atoms with E-state index in [0.717, 1.165) is 54.0 Å². The van der Waals surface area contributed by atoms with Gasteiger partial charge in [0.1, 0.15) is 0 Å². The van der Waals surface area contributed by atoms with Gasteiger partial charge in [-0.05, 0) is 99.0 Å². The Morgan fingerprint density at radius 2 is 1.69 bits per heavy atom. The number of hydrogen-bond donors (Lipinski definition) is 2. The average molecular weight is 496 g/mol. The second-order valence-corrected chi connectivity index (χ2v) is 12.1. The standard InChI is InChI=1S/C28H37N3O3S/c1-16(2)15-34-25(32)23-17(3)31(4)27(35)30-24(23)21-5-7-22(8-6-21)29-26(33)28-12-18-9-19(13-28)11-20(10-18)14-28/h5-8,16,18-20,24H,9-15H2,1-4H3,(H,29,33)(H,30,35)/t18?,19?,20?,24-,28?/m0/s1. The van der Waals surface area contributed by atoms with E-state index < -0.39 is 6.04 Å². The fourth-order valence-corrected chi connectivity index (χ4v) is 7.34. The Morgan fingerprint density at radius 1 is 1.11 bits per heavy atom. The van der Waals surface area contributed by atoms with Crippen molar-refractivity contribution in [1.29, 1.82) is 0 Å². The molecule has 1 atom stereocenters. The molecule has 0 unspecified atom stereocenters. The summed E-state index contributed by atoms with van der Waals surface area (Å²) in [5, 5.41) is 7.08. The minimum Gasteiger partial charge on any atom is -0.462 e. The van der Waals surface area contributed by atoms with Crippen molar-refractivity contribution in [1.82, 2.24) is 10.2 Å². The van der Waals surface area contributed by atoms with Gasteiger partial charge in [0.05, 0.1) is 23.6 Å². The van der Waals surface area contributed by atoms with E-state index in [0.29, 0.717) is 17.3 Å². The van der Waals surface area contributed by atoms with Crippen molar-refractivity contribution in [2.24, 2.45) is 29.1 Å². The molecule has 0 radical (unpaired) electrons. The highest BCUT2D eigenvalue weighted by Gasteiger charge is 2.54. The Hall–Kier alpha value is -2.41. The van der Waals surface area contributed by atoms with Gasteiger partial charge in [-0.25, -0.2) is 4.79 Å². The lowest BCUT2D eigenvalue weighted by atomic mass is 9.49. The highest BCUT2D eigenvalue weighted by Crippen LogP contribution is 2.60. The van der Waals surface area contributed by atoms with E-state index in [-0.39, 0.29) is 23.2 Å². The van der Waals surface area contributed by atoms with Gasteiger partial charge in [-0.1, -0.05) is 26.0 Å².